The van der Waals surface area contributed by atoms with Crippen LogP contribution in [-0.4, -0.2) is 0 Å². The molecule has 174 valence electrons. The van der Waals surface area contributed by atoms with Gasteiger partial charge < -0.3 is 4.74 Å². The van der Waals surface area contributed by atoms with Crippen LogP contribution in [0.1, 0.15) is 51.5 Å². The lowest BCUT2D eigenvalue weighted by Crippen LogP contribution is -2.10. The van der Waals surface area contributed by atoms with E-state index in [0.717, 1.165) is 23.1 Å². The Morgan fingerprint density at radius 3 is 2.00 bits per heavy atom. The third-order valence-electron chi connectivity index (χ3n) is 6.22. The largest absolute Gasteiger partial charge is 0.456 e. The highest BCUT2D eigenvalue weighted by Crippen LogP contribution is 2.36. The van der Waals surface area contributed by atoms with Crippen LogP contribution in [0.5, 0.6) is 5.75 Å². The first-order valence-electron chi connectivity index (χ1n) is 10.8. The van der Waals surface area contributed by atoms with Crippen molar-refractivity contribution < 1.29 is 22.3 Å². The zero-order chi connectivity index (χ0) is 22.7. The first-order chi connectivity index (χ1) is 15.4. The lowest BCUT2D eigenvalue weighted by atomic mass is 9.79. The first-order valence-corrected chi connectivity index (χ1v) is 10.8. The third-order valence-corrected chi connectivity index (χ3v) is 6.22. The van der Waals surface area contributed by atoms with E-state index in [0.29, 0.717) is 11.5 Å². The highest BCUT2D eigenvalue weighted by molar-refractivity contribution is 5.71. The fourth-order valence-electron chi connectivity index (χ4n) is 4.34. The zero-order valence-electron chi connectivity index (χ0n) is 17.8. The maximum atomic E-state index is 14.9. The van der Waals surface area contributed by atoms with Crippen molar-refractivity contribution in [1.82, 2.24) is 0 Å². The van der Waals surface area contributed by atoms with Crippen LogP contribution < -0.4 is 4.74 Å². The molecule has 0 saturated heterocycles. The maximum Gasteiger partial charge on any atom is 0.305 e. The first kappa shape index (κ1) is 24.6. The van der Waals surface area contributed by atoms with E-state index in [2.05, 4.69) is 23.8 Å². The van der Waals surface area contributed by atoms with E-state index < -0.39 is 17.7 Å². The SMILES string of the molecule is C.CC1CCC(c2ccc(-c3ccc(-c4ccc(OC=C(F)F)c(F)c4)c(F)c3)cc2)CC1. The molecule has 0 N–H and O–H groups in total. The predicted molar refractivity (Wildman–Crippen MR) is 125 cm³/mol. The molecule has 1 saturated carbocycles. The van der Waals surface area contributed by atoms with Crippen molar-refractivity contribution in [2.45, 2.75) is 46.0 Å². The van der Waals surface area contributed by atoms with Gasteiger partial charge in [0.2, 0.25) is 0 Å². The Hall–Kier alpha value is -3.08. The van der Waals surface area contributed by atoms with Gasteiger partial charge in [-0.05, 0) is 65.1 Å². The molecule has 33 heavy (non-hydrogen) atoms. The Balaban J connectivity index is 0.00000306. The molecule has 0 bridgehead atoms. The molecule has 1 aliphatic carbocycles. The number of halogens is 4. The minimum Gasteiger partial charge on any atom is -0.456 e. The molecule has 0 spiro atoms. The summed E-state index contributed by atoms with van der Waals surface area (Å²) in [5, 5.41) is 0. The van der Waals surface area contributed by atoms with E-state index in [1.165, 1.54) is 49.4 Å². The predicted octanol–water partition coefficient (Wildman–Crippen LogP) is 9.35. The third kappa shape index (κ3) is 5.84. The minimum absolute atomic E-state index is 0. The second-order valence-electron chi connectivity index (χ2n) is 8.44. The second kappa shape index (κ2) is 10.7. The molecular formula is C28H28F4O. The lowest BCUT2D eigenvalue weighted by Gasteiger charge is -2.26. The van der Waals surface area contributed by atoms with Crippen LogP contribution in [0, 0.1) is 17.6 Å². The molecule has 3 aromatic carbocycles. The molecule has 5 heteroatoms. The van der Waals surface area contributed by atoms with E-state index in [1.807, 2.05) is 12.1 Å². The van der Waals surface area contributed by atoms with Crippen LogP contribution in [0.25, 0.3) is 22.3 Å². The zero-order valence-corrected chi connectivity index (χ0v) is 17.8. The van der Waals surface area contributed by atoms with Crippen LogP contribution in [0.15, 0.2) is 73.0 Å². The summed E-state index contributed by atoms with van der Waals surface area (Å²) in [4.78, 5) is 0. The topological polar surface area (TPSA) is 9.23 Å². The average molecular weight is 457 g/mol. The Labute approximate surface area is 192 Å². The molecule has 1 aliphatic rings. The summed E-state index contributed by atoms with van der Waals surface area (Å²) in [6.45, 7) is 2.30. The van der Waals surface area contributed by atoms with Gasteiger partial charge in [-0.3, -0.25) is 0 Å². The molecule has 1 nitrogen and oxygen atoms in total. The number of ether oxygens (including phenoxy) is 1. The van der Waals surface area contributed by atoms with Gasteiger partial charge in [0.1, 0.15) is 5.82 Å². The summed E-state index contributed by atoms with van der Waals surface area (Å²) >= 11 is 0. The molecule has 1 fully saturated rings. The average Bonchev–Trinajstić information content (AvgIpc) is 2.79. The van der Waals surface area contributed by atoms with Gasteiger partial charge in [0.05, 0.1) is 0 Å². The fraction of sp³-hybridized carbons (Fsp3) is 0.286. The summed E-state index contributed by atoms with van der Waals surface area (Å²) in [6, 6.07) is 16.8. The molecule has 0 heterocycles. The van der Waals surface area contributed by atoms with E-state index in [9.17, 15) is 17.6 Å². The number of hydrogen-bond donors (Lipinski definition) is 0. The normalized spacial score (nSPS) is 17.7. The van der Waals surface area contributed by atoms with Gasteiger partial charge in [-0.15, -0.1) is 0 Å². The molecular weight excluding hydrogens is 428 g/mol. The van der Waals surface area contributed by atoms with Crippen LogP contribution >= 0.6 is 0 Å². The second-order valence-corrected chi connectivity index (χ2v) is 8.44. The van der Waals surface area contributed by atoms with Crippen molar-refractivity contribution in [3.05, 3.63) is 90.2 Å². The quantitative estimate of drug-likeness (QED) is 0.274. The fourth-order valence-corrected chi connectivity index (χ4v) is 4.34. The van der Waals surface area contributed by atoms with Gasteiger partial charge in [0.25, 0.3) is 0 Å². The monoisotopic (exact) mass is 456 g/mol. The summed E-state index contributed by atoms with van der Waals surface area (Å²) < 4.78 is 57.8. The van der Waals surface area contributed by atoms with Crippen molar-refractivity contribution >= 4 is 0 Å². The minimum atomic E-state index is -2.07. The smallest absolute Gasteiger partial charge is 0.305 e. The van der Waals surface area contributed by atoms with E-state index in [1.54, 1.807) is 12.1 Å². The van der Waals surface area contributed by atoms with Crippen molar-refractivity contribution in [3.8, 4) is 28.0 Å². The molecule has 0 radical (unpaired) electrons. The molecule has 0 atom stereocenters. The van der Waals surface area contributed by atoms with E-state index >= 15 is 0 Å². The van der Waals surface area contributed by atoms with E-state index in [4.69, 9.17) is 0 Å². The lowest BCUT2D eigenvalue weighted by molar-refractivity contribution is 0.348. The molecule has 0 aliphatic heterocycles. The van der Waals surface area contributed by atoms with Crippen LogP contribution in [-0.2, 0) is 0 Å². The Morgan fingerprint density at radius 1 is 0.788 bits per heavy atom. The van der Waals surface area contributed by atoms with Gasteiger partial charge in [0.15, 0.2) is 17.8 Å². The summed E-state index contributed by atoms with van der Waals surface area (Å²) in [7, 11) is 0. The molecule has 0 aromatic heterocycles. The van der Waals surface area contributed by atoms with Crippen molar-refractivity contribution in [1.29, 1.82) is 0 Å². The number of hydrogen-bond acceptors (Lipinski definition) is 1. The van der Waals surface area contributed by atoms with Crippen molar-refractivity contribution in [2.24, 2.45) is 5.92 Å². The van der Waals surface area contributed by atoms with Gasteiger partial charge in [-0.1, -0.05) is 69.7 Å². The maximum absolute atomic E-state index is 14.9. The highest BCUT2D eigenvalue weighted by atomic mass is 19.3. The van der Waals surface area contributed by atoms with Crippen molar-refractivity contribution in [2.75, 3.05) is 0 Å². The standard InChI is InChI=1S/C27H24F4O.CH4/c1-17-2-4-18(5-3-17)19-6-8-20(9-7-19)21-10-12-23(24(28)14-21)22-11-13-26(25(29)15-22)32-16-27(30)31;/h6-18H,2-5H2,1H3;1H4. The number of rotatable bonds is 5. The summed E-state index contributed by atoms with van der Waals surface area (Å²) in [5.74, 6) is -0.296. The van der Waals surface area contributed by atoms with Gasteiger partial charge in [0, 0.05) is 5.56 Å². The van der Waals surface area contributed by atoms with E-state index in [-0.39, 0.29) is 25.0 Å². The van der Waals surface area contributed by atoms with Gasteiger partial charge >= 0.3 is 6.08 Å². The van der Waals surface area contributed by atoms with Crippen molar-refractivity contribution in [3.63, 3.8) is 0 Å². The van der Waals surface area contributed by atoms with Gasteiger partial charge in [-0.25, -0.2) is 8.78 Å². The van der Waals surface area contributed by atoms with Gasteiger partial charge in [-0.2, -0.15) is 8.78 Å². The Kier molecular flexibility index (Phi) is 7.96. The van der Waals surface area contributed by atoms with Crippen LogP contribution in [0.3, 0.4) is 0 Å². The molecule has 4 rings (SSSR count). The molecule has 3 aromatic rings. The Morgan fingerprint density at radius 2 is 1.39 bits per heavy atom. The summed E-state index contributed by atoms with van der Waals surface area (Å²) in [5.41, 5.74) is 3.50. The Bertz CT molecular complexity index is 1110. The molecule has 0 amide bonds. The highest BCUT2D eigenvalue weighted by Gasteiger charge is 2.19. The van der Waals surface area contributed by atoms with Crippen LogP contribution in [0.4, 0.5) is 17.6 Å². The molecule has 0 unspecified atom stereocenters. The summed E-state index contributed by atoms with van der Waals surface area (Å²) in [6.07, 6.45) is 3.03. The number of benzene rings is 3. The van der Waals surface area contributed by atoms with Crippen LogP contribution in [0.2, 0.25) is 0 Å².